The van der Waals surface area contributed by atoms with Crippen molar-refractivity contribution in [1.82, 2.24) is 5.32 Å². The number of carbonyl (C=O) groups is 3. The first kappa shape index (κ1) is 20.5. The van der Waals surface area contributed by atoms with E-state index < -0.39 is 11.9 Å². The molecule has 2 aromatic rings. The van der Waals surface area contributed by atoms with Crippen molar-refractivity contribution in [2.24, 2.45) is 5.92 Å². The average Bonchev–Trinajstić information content (AvgIpc) is 3.04. The fourth-order valence-corrected chi connectivity index (χ4v) is 2.61. The highest BCUT2D eigenvalue weighted by Crippen LogP contribution is 2.23. The lowest BCUT2D eigenvalue weighted by molar-refractivity contribution is 0.0694. The highest BCUT2D eigenvalue weighted by molar-refractivity contribution is 6.34. The van der Waals surface area contributed by atoms with Crippen LogP contribution in [0.2, 0.25) is 5.02 Å². The van der Waals surface area contributed by atoms with Crippen LogP contribution in [0.5, 0.6) is 0 Å². The smallest absolute Gasteiger partial charge is 0.339 e. The Morgan fingerprint density at radius 1 is 1.15 bits per heavy atom. The molecule has 0 atom stereocenters. The largest absolute Gasteiger partial charge is 0.478 e. The lowest BCUT2D eigenvalue weighted by atomic mass is 10.1. The van der Waals surface area contributed by atoms with E-state index in [0.717, 1.165) is 0 Å². The molecule has 1 aromatic heterocycles. The predicted octanol–water partition coefficient (Wildman–Crippen LogP) is 3.83. The summed E-state index contributed by atoms with van der Waals surface area (Å²) in [5, 5.41) is 14.7. The Hall–Kier alpha value is -2.80. The maximum absolute atomic E-state index is 12.3. The van der Waals surface area contributed by atoms with Gasteiger partial charge in [0.15, 0.2) is 5.76 Å². The number of aromatic carboxylic acids is 1. The van der Waals surface area contributed by atoms with E-state index in [0.29, 0.717) is 30.1 Å². The van der Waals surface area contributed by atoms with Crippen LogP contribution in [0.15, 0.2) is 28.7 Å². The second kappa shape index (κ2) is 8.73. The number of carboxylic acid groups (broad SMARTS) is 1. The van der Waals surface area contributed by atoms with Crippen LogP contribution in [0, 0.1) is 5.92 Å². The van der Waals surface area contributed by atoms with Gasteiger partial charge in [-0.25, -0.2) is 4.79 Å². The number of benzene rings is 1. The number of hydrogen-bond donors (Lipinski definition) is 3. The Labute approximate surface area is 161 Å². The Kier molecular flexibility index (Phi) is 6.63. The van der Waals surface area contributed by atoms with Gasteiger partial charge in [-0.1, -0.05) is 32.4 Å². The minimum absolute atomic E-state index is 0.0437. The standard InChI is InChI=1S/C19H21ClN2O5/c1-4-15-13(19(25)26)8-16(27-15)18(24)22-11-5-6-12(14(20)7-11)17(23)21-9-10(2)3/h5-8,10H,4,9H2,1-3H3,(H,21,23)(H,22,24)(H,25,26). The molecule has 0 unspecified atom stereocenters. The zero-order valence-corrected chi connectivity index (χ0v) is 16.0. The fraction of sp³-hybridized carbons (Fsp3) is 0.316. The summed E-state index contributed by atoms with van der Waals surface area (Å²) in [6, 6.07) is 5.68. The number of aryl methyl sites for hydroxylation is 1. The zero-order chi connectivity index (χ0) is 20.1. The molecule has 7 nitrogen and oxygen atoms in total. The fourth-order valence-electron chi connectivity index (χ4n) is 2.35. The molecule has 1 heterocycles. The summed E-state index contributed by atoms with van der Waals surface area (Å²) in [5.74, 6) is -1.64. The highest BCUT2D eigenvalue weighted by Gasteiger charge is 2.20. The lowest BCUT2D eigenvalue weighted by Gasteiger charge is -2.10. The number of anilines is 1. The van der Waals surface area contributed by atoms with Gasteiger partial charge in [0.1, 0.15) is 11.3 Å². The molecule has 0 bridgehead atoms. The third kappa shape index (κ3) is 5.10. The molecule has 2 rings (SSSR count). The number of nitrogens with one attached hydrogen (secondary N) is 2. The molecule has 0 aliphatic carbocycles. The summed E-state index contributed by atoms with van der Waals surface area (Å²) < 4.78 is 5.32. The van der Waals surface area contributed by atoms with Gasteiger partial charge in [0.2, 0.25) is 0 Å². The van der Waals surface area contributed by atoms with Crippen LogP contribution in [-0.2, 0) is 6.42 Å². The van der Waals surface area contributed by atoms with Crippen molar-refractivity contribution in [3.8, 4) is 0 Å². The number of hydrogen-bond acceptors (Lipinski definition) is 4. The van der Waals surface area contributed by atoms with Gasteiger partial charge in [-0.3, -0.25) is 9.59 Å². The van der Waals surface area contributed by atoms with Crippen molar-refractivity contribution in [2.75, 3.05) is 11.9 Å². The van der Waals surface area contributed by atoms with Gasteiger partial charge in [0.05, 0.1) is 10.6 Å². The minimum Gasteiger partial charge on any atom is -0.478 e. The SMILES string of the molecule is CCc1oc(C(=O)Nc2ccc(C(=O)NCC(C)C)c(Cl)c2)cc1C(=O)O. The molecule has 0 radical (unpaired) electrons. The van der Waals surface area contributed by atoms with Crippen LogP contribution < -0.4 is 10.6 Å². The molecule has 0 fully saturated rings. The van der Waals surface area contributed by atoms with E-state index >= 15 is 0 Å². The summed E-state index contributed by atoms with van der Waals surface area (Å²) in [6.07, 6.45) is 0.348. The molecular formula is C19H21ClN2O5. The molecule has 144 valence electrons. The van der Waals surface area contributed by atoms with Crippen LogP contribution in [0.25, 0.3) is 0 Å². The number of halogens is 1. The summed E-state index contributed by atoms with van der Waals surface area (Å²) >= 11 is 6.15. The quantitative estimate of drug-likeness (QED) is 0.663. The second-order valence-electron chi connectivity index (χ2n) is 6.36. The predicted molar refractivity (Wildman–Crippen MR) is 102 cm³/mol. The molecule has 3 N–H and O–H groups in total. The third-order valence-electron chi connectivity index (χ3n) is 3.73. The number of rotatable bonds is 7. The van der Waals surface area contributed by atoms with Gasteiger partial charge in [0, 0.05) is 24.7 Å². The van der Waals surface area contributed by atoms with Crippen LogP contribution in [0.3, 0.4) is 0 Å². The van der Waals surface area contributed by atoms with E-state index in [1.807, 2.05) is 13.8 Å². The molecule has 0 saturated carbocycles. The monoisotopic (exact) mass is 392 g/mol. The van der Waals surface area contributed by atoms with Gasteiger partial charge in [-0.15, -0.1) is 0 Å². The van der Waals surface area contributed by atoms with E-state index in [4.69, 9.17) is 21.1 Å². The zero-order valence-electron chi connectivity index (χ0n) is 15.3. The molecule has 1 aromatic carbocycles. The molecule has 0 aliphatic rings. The maximum atomic E-state index is 12.3. The van der Waals surface area contributed by atoms with Gasteiger partial charge in [0.25, 0.3) is 11.8 Å². The van der Waals surface area contributed by atoms with Gasteiger partial charge < -0.3 is 20.2 Å². The van der Waals surface area contributed by atoms with Crippen molar-refractivity contribution >= 4 is 35.1 Å². The van der Waals surface area contributed by atoms with Crippen molar-refractivity contribution < 1.29 is 23.9 Å². The Balaban J connectivity index is 2.14. The Morgan fingerprint density at radius 3 is 2.37 bits per heavy atom. The topological polar surface area (TPSA) is 109 Å². The third-order valence-corrected chi connectivity index (χ3v) is 4.04. The van der Waals surface area contributed by atoms with Crippen molar-refractivity contribution in [3.63, 3.8) is 0 Å². The molecule has 0 spiro atoms. The highest BCUT2D eigenvalue weighted by atomic mass is 35.5. The summed E-state index contributed by atoms with van der Waals surface area (Å²) in [7, 11) is 0. The van der Waals surface area contributed by atoms with Crippen molar-refractivity contribution in [3.05, 3.63) is 51.9 Å². The van der Waals surface area contributed by atoms with Crippen LogP contribution in [0.4, 0.5) is 5.69 Å². The Bertz CT molecular complexity index is 873. The first-order valence-electron chi connectivity index (χ1n) is 8.48. The summed E-state index contributed by atoms with van der Waals surface area (Å²) in [6.45, 7) is 6.22. The molecule has 27 heavy (non-hydrogen) atoms. The summed E-state index contributed by atoms with van der Waals surface area (Å²) in [5.41, 5.74) is 0.615. The van der Waals surface area contributed by atoms with E-state index in [1.165, 1.54) is 24.3 Å². The number of amides is 2. The normalized spacial score (nSPS) is 10.7. The lowest BCUT2D eigenvalue weighted by Crippen LogP contribution is -2.27. The molecular weight excluding hydrogens is 372 g/mol. The second-order valence-corrected chi connectivity index (χ2v) is 6.77. The van der Waals surface area contributed by atoms with Crippen LogP contribution in [-0.4, -0.2) is 29.4 Å². The summed E-state index contributed by atoms with van der Waals surface area (Å²) in [4.78, 5) is 35.6. The number of carboxylic acids is 1. The van der Waals surface area contributed by atoms with Gasteiger partial charge >= 0.3 is 5.97 Å². The van der Waals surface area contributed by atoms with Crippen molar-refractivity contribution in [1.29, 1.82) is 0 Å². The van der Waals surface area contributed by atoms with Crippen molar-refractivity contribution in [2.45, 2.75) is 27.2 Å². The maximum Gasteiger partial charge on any atom is 0.339 e. The molecule has 2 amide bonds. The molecule has 0 saturated heterocycles. The molecule has 8 heteroatoms. The minimum atomic E-state index is -1.16. The van der Waals surface area contributed by atoms with Gasteiger partial charge in [-0.2, -0.15) is 0 Å². The van der Waals surface area contributed by atoms with E-state index in [2.05, 4.69) is 10.6 Å². The first-order chi connectivity index (χ1) is 12.7. The van der Waals surface area contributed by atoms with Crippen LogP contribution >= 0.6 is 11.6 Å². The number of carbonyl (C=O) groups excluding carboxylic acids is 2. The van der Waals surface area contributed by atoms with E-state index in [-0.39, 0.29) is 28.0 Å². The Morgan fingerprint density at radius 2 is 1.85 bits per heavy atom. The van der Waals surface area contributed by atoms with Gasteiger partial charge in [-0.05, 0) is 24.1 Å². The van der Waals surface area contributed by atoms with E-state index in [1.54, 1.807) is 6.92 Å². The molecule has 0 aliphatic heterocycles. The van der Waals surface area contributed by atoms with E-state index in [9.17, 15) is 14.4 Å². The first-order valence-corrected chi connectivity index (χ1v) is 8.85. The van der Waals surface area contributed by atoms with Crippen LogP contribution in [0.1, 0.15) is 57.8 Å². The average molecular weight is 393 g/mol. The number of furan rings is 1.